The van der Waals surface area contributed by atoms with E-state index in [1.807, 2.05) is 0 Å². The summed E-state index contributed by atoms with van der Waals surface area (Å²) in [6.07, 6.45) is 0. The molecule has 1 fully saturated rings. The van der Waals surface area contributed by atoms with E-state index in [2.05, 4.69) is 4.90 Å². The highest BCUT2D eigenvalue weighted by atomic mass is 35.5. The van der Waals surface area contributed by atoms with Gasteiger partial charge in [-0.2, -0.15) is 4.31 Å². The highest BCUT2D eigenvalue weighted by molar-refractivity contribution is 7.89. The smallest absolute Gasteiger partial charge is 0.289 e. The molecule has 3 rings (SSSR count). The molecule has 150 valence electrons. The van der Waals surface area contributed by atoms with Crippen molar-refractivity contribution < 1.29 is 18.1 Å². The topological polar surface area (TPSA) is 93.0 Å². The first-order valence-electron chi connectivity index (χ1n) is 8.72. The largest absolute Gasteiger partial charge is 0.492 e. The molecule has 2 aromatic carbocycles. The number of halogens is 1. The van der Waals surface area contributed by atoms with Crippen LogP contribution in [0.3, 0.4) is 0 Å². The fourth-order valence-electron chi connectivity index (χ4n) is 2.98. The van der Waals surface area contributed by atoms with E-state index in [1.54, 1.807) is 24.3 Å². The summed E-state index contributed by atoms with van der Waals surface area (Å²) < 4.78 is 32.6. The summed E-state index contributed by atoms with van der Waals surface area (Å²) in [6.45, 7) is 2.73. The molecule has 1 aliphatic heterocycles. The Hall–Kier alpha value is -2.20. The van der Waals surface area contributed by atoms with Crippen LogP contribution in [-0.4, -0.2) is 61.9 Å². The third kappa shape index (κ3) is 4.79. The fraction of sp³-hybridized carbons (Fsp3) is 0.333. The van der Waals surface area contributed by atoms with Gasteiger partial charge in [-0.25, -0.2) is 8.42 Å². The van der Waals surface area contributed by atoms with Gasteiger partial charge < -0.3 is 4.74 Å². The summed E-state index contributed by atoms with van der Waals surface area (Å²) in [5.41, 5.74) is -0.402. The number of nitro groups is 1. The maximum Gasteiger partial charge on any atom is 0.289 e. The fourth-order valence-corrected chi connectivity index (χ4v) is 4.69. The van der Waals surface area contributed by atoms with E-state index in [0.29, 0.717) is 31.3 Å². The highest BCUT2D eigenvalue weighted by Crippen LogP contribution is 2.26. The number of nitro benzene ring substituents is 1. The number of benzene rings is 2. The summed E-state index contributed by atoms with van der Waals surface area (Å²) in [5, 5.41) is 11.8. The first kappa shape index (κ1) is 20.5. The second-order valence-corrected chi connectivity index (χ2v) is 8.62. The first-order valence-corrected chi connectivity index (χ1v) is 10.5. The van der Waals surface area contributed by atoms with Crippen LogP contribution in [0.25, 0.3) is 0 Å². The lowest BCUT2D eigenvalue weighted by molar-refractivity contribution is -0.387. The Morgan fingerprint density at radius 1 is 1.04 bits per heavy atom. The molecular formula is C18H20ClN3O5S. The predicted molar refractivity (Wildman–Crippen MR) is 105 cm³/mol. The second kappa shape index (κ2) is 8.87. The molecule has 0 unspecified atom stereocenters. The van der Waals surface area contributed by atoms with Crippen LogP contribution in [0.15, 0.2) is 53.4 Å². The van der Waals surface area contributed by atoms with Crippen LogP contribution in [0.1, 0.15) is 0 Å². The molecule has 1 aliphatic rings. The van der Waals surface area contributed by atoms with Crippen LogP contribution >= 0.6 is 11.6 Å². The van der Waals surface area contributed by atoms with E-state index in [-0.39, 0.29) is 18.0 Å². The number of hydrogen-bond donors (Lipinski definition) is 0. The van der Waals surface area contributed by atoms with E-state index < -0.39 is 20.6 Å². The van der Waals surface area contributed by atoms with Gasteiger partial charge in [0.25, 0.3) is 5.69 Å². The minimum atomic E-state index is -3.91. The summed E-state index contributed by atoms with van der Waals surface area (Å²) in [7, 11) is -3.91. The lowest BCUT2D eigenvalue weighted by Gasteiger charge is -2.33. The van der Waals surface area contributed by atoms with Gasteiger partial charge in [-0.05, 0) is 30.3 Å². The Kier molecular flexibility index (Phi) is 6.50. The predicted octanol–water partition coefficient (Wildman–Crippen LogP) is 2.63. The van der Waals surface area contributed by atoms with Gasteiger partial charge in [-0.15, -0.1) is 0 Å². The standard InChI is InChI=1S/C18H20ClN3O5S/c19-15-5-7-16(8-6-15)27-14-13-20-9-11-21(12-10-20)28(25,26)18-4-2-1-3-17(18)22(23)24/h1-8H,9-14H2. The maximum atomic E-state index is 12.8. The van der Waals surface area contributed by atoms with Crippen LogP contribution in [0.5, 0.6) is 5.75 Å². The Morgan fingerprint density at radius 2 is 1.68 bits per heavy atom. The molecule has 1 heterocycles. The van der Waals surface area contributed by atoms with Gasteiger partial charge in [0.2, 0.25) is 10.0 Å². The molecule has 0 atom stereocenters. The number of nitrogens with zero attached hydrogens (tertiary/aromatic N) is 3. The number of ether oxygens (including phenoxy) is 1. The summed E-state index contributed by atoms with van der Waals surface area (Å²) >= 11 is 5.83. The van der Waals surface area contributed by atoms with Gasteiger partial charge >= 0.3 is 0 Å². The van der Waals surface area contributed by atoms with E-state index in [9.17, 15) is 18.5 Å². The average Bonchev–Trinajstić information content (AvgIpc) is 2.70. The number of hydrogen-bond acceptors (Lipinski definition) is 6. The lowest BCUT2D eigenvalue weighted by Crippen LogP contribution is -2.49. The van der Waals surface area contributed by atoms with Crippen molar-refractivity contribution in [2.75, 3.05) is 39.3 Å². The van der Waals surface area contributed by atoms with E-state index in [4.69, 9.17) is 16.3 Å². The van der Waals surface area contributed by atoms with Crippen molar-refractivity contribution in [1.82, 2.24) is 9.21 Å². The maximum absolute atomic E-state index is 12.8. The molecule has 0 spiro atoms. The van der Waals surface area contributed by atoms with Crippen LogP contribution in [0.4, 0.5) is 5.69 Å². The van der Waals surface area contributed by atoms with Crippen molar-refractivity contribution in [1.29, 1.82) is 0 Å². The van der Waals surface area contributed by atoms with Crippen LogP contribution in [0.2, 0.25) is 5.02 Å². The Bertz CT molecular complexity index is 928. The van der Waals surface area contributed by atoms with Crippen molar-refractivity contribution >= 4 is 27.3 Å². The molecule has 0 radical (unpaired) electrons. The average molecular weight is 426 g/mol. The zero-order chi connectivity index (χ0) is 20.1. The van der Waals surface area contributed by atoms with Crippen LogP contribution in [-0.2, 0) is 10.0 Å². The minimum absolute atomic E-state index is 0.264. The quantitative estimate of drug-likeness (QED) is 0.500. The molecule has 8 nitrogen and oxygen atoms in total. The minimum Gasteiger partial charge on any atom is -0.492 e. The molecule has 10 heteroatoms. The van der Waals surface area contributed by atoms with Gasteiger partial charge in [0.1, 0.15) is 12.4 Å². The molecular weight excluding hydrogens is 406 g/mol. The van der Waals surface area contributed by atoms with E-state index in [1.165, 1.54) is 28.6 Å². The molecule has 0 amide bonds. The normalized spacial score (nSPS) is 16.0. The molecule has 2 aromatic rings. The highest BCUT2D eigenvalue weighted by Gasteiger charge is 2.33. The molecule has 1 saturated heterocycles. The van der Waals surface area contributed by atoms with Crippen LogP contribution < -0.4 is 4.74 Å². The van der Waals surface area contributed by atoms with Crippen molar-refractivity contribution in [2.24, 2.45) is 0 Å². The molecule has 28 heavy (non-hydrogen) atoms. The number of piperazine rings is 1. The summed E-state index contributed by atoms with van der Waals surface area (Å²) in [5.74, 6) is 0.724. The van der Waals surface area contributed by atoms with Gasteiger partial charge in [-0.3, -0.25) is 15.0 Å². The van der Waals surface area contributed by atoms with Crippen molar-refractivity contribution in [2.45, 2.75) is 4.90 Å². The lowest BCUT2D eigenvalue weighted by atomic mass is 10.3. The van der Waals surface area contributed by atoms with E-state index in [0.717, 1.165) is 5.75 Å². The molecule has 0 N–H and O–H groups in total. The molecule has 0 aromatic heterocycles. The molecule has 0 bridgehead atoms. The number of rotatable bonds is 7. The third-order valence-corrected chi connectivity index (χ3v) is 6.70. The van der Waals surface area contributed by atoms with Gasteiger partial charge in [0.05, 0.1) is 4.92 Å². The van der Waals surface area contributed by atoms with Crippen LogP contribution in [0, 0.1) is 10.1 Å². The molecule has 0 aliphatic carbocycles. The summed E-state index contributed by atoms with van der Waals surface area (Å²) in [4.78, 5) is 12.3. The summed E-state index contributed by atoms with van der Waals surface area (Å²) in [6, 6.07) is 12.5. The van der Waals surface area contributed by atoms with Gasteiger partial charge in [0.15, 0.2) is 4.90 Å². The Balaban J connectivity index is 1.54. The van der Waals surface area contributed by atoms with E-state index >= 15 is 0 Å². The van der Waals surface area contributed by atoms with Gasteiger partial charge in [0, 0.05) is 43.8 Å². The van der Waals surface area contributed by atoms with Crippen molar-refractivity contribution in [3.8, 4) is 5.75 Å². The number of sulfonamides is 1. The third-order valence-electron chi connectivity index (χ3n) is 4.50. The Labute approximate surface area is 168 Å². The molecule has 0 saturated carbocycles. The van der Waals surface area contributed by atoms with Crippen molar-refractivity contribution in [3.63, 3.8) is 0 Å². The van der Waals surface area contributed by atoms with Gasteiger partial charge in [-0.1, -0.05) is 23.7 Å². The van der Waals surface area contributed by atoms with Crippen molar-refractivity contribution in [3.05, 3.63) is 63.7 Å². The second-order valence-electron chi connectivity index (χ2n) is 6.27. The Morgan fingerprint density at radius 3 is 2.32 bits per heavy atom. The monoisotopic (exact) mass is 425 g/mol. The zero-order valence-corrected chi connectivity index (χ0v) is 16.6. The zero-order valence-electron chi connectivity index (χ0n) is 15.0. The number of para-hydroxylation sites is 1. The SMILES string of the molecule is O=[N+]([O-])c1ccccc1S(=O)(=O)N1CCN(CCOc2ccc(Cl)cc2)CC1. The first-order chi connectivity index (χ1) is 13.4.